The van der Waals surface area contributed by atoms with Gasteiger partial charge < -0.3 is 9.72 Å². The number of H-pyrrole nitrogens is 1. The molecule has 0 aliphatic heterocycles. The van der Waals surface area contributed by atoms with Gasteiger partial charge in [-0.15, -0.1) is 0 Å². The Hall–Kier alpha value is -2.69. The van der Waals surface area contributed by atoms with Crippen LogP contribution in [0.5, 0.6) is 0 Å². The Morgan fingerprint density at radius 2 is 1.96 bits per heavy atom. The van der Waals surface area contributed by atoms with Gasteiger partial charge in [0.2, 0.25) is 5.78 Å². The van der Waals surface area contributed by atoms with Crippen molar-refractivity contribution in [1.82, 2.24) is 4.98 Å². The van der Waals surface area contributed by atoms with Crippen LogP contribution in [0.25, 0.3) is 6.08 Å². The highest BCUT2D eigenvalue weighted by atomic mass is 19.1. The fraction of sp³-hybridized carbons (Fsp3) is 0.222. The number of nitrogens with one attached hydrogen (secondary N) is 1. The van der Waals surface area contributed by atoms with E-state index in [0.29, 0.717) is 28.1 Å². The Bertz CT molecular complexity index is 775. The van der Waals surface area contributed by atoms with E-state index in [1.807, 2.05) is 0 Å². The Kier molecular flexibility index (Phi) is 5.11. The summed E-state index contributed by atoms with van der Waals surface area (Å²) < 4.78 is 18.5. The van der Waals surface area contributed by atoms with Crippen molar-refractivity contribution in [3.05, 3.63) is 64.2 Å². The summed E-state index contributed by atoms with van der Waals surface area (Å²) in [6, 6.07) is 6.18. The zero-order valence-corrected chi connectivity index (χ0v) is 13.3. The number of ketones is 1. The number of ether oxygens (including phenoxy) is 1. The van der Waals surface area contributed by atoms with E-state index in [2.05, 4.69) is 4.98 Å². The van der Waals surface area contributed by atoms with E-state index in [1.54, 1.807) is 39.0 Å². The fourth-order valence-electron chi connectivity index (χ4n) is 2.36. The van der Waals surface area contributed by atoms with Gasteiger partial charge in [0, 0.05) is 11.3 Å². The summed E-state index contributed by atoms with van der Waals surface area (Å²) in [5.74, 6) is -1.19. The molecule has 1 N–H and O–H groups in total. The summed E-state index contributed by atoms with van der Waals surface area (Å²) in [6.07, 6.45) is 2.70. The molecule has 0 amide bonds. The van der Waals surface area contributed by atoms with E-state index < -0.39 is 11.8 Å². The molecular weight excluding hydrogens is 297 g/mol. The van der Waals surface area contributed by atoms with Gasteiger partial charge in [-0.25, -0.2) is 9.18 Å². The number of carbonyl (C=O) groups is 2. The molecule has 4 nitrogen and oxygen atoms in total. The van der Waals surface area contributed by atoms with Gasteiger partial charge in [-0.05, 0) is 44.6 Å². The maximum absolute atomic E-state index is 13.5. The molecule has 0 fully saturated rings. The normalized spacial score (nSPS) is 11.0. The number of esters is 1. The van der Waals surface area contributed by atoms with E-state index in [-0.39, 0.29) is 12.4 Å². The minimum Gasteiger partial charge on any atom is -0.462 e. The molecule has 0 spiro atoms. The highest BCUT2D eigenvalue weighted by Gasteiger charge is 2.21. The minimum absolute atomic E-state index is 0.263. The standard InChI is InChI=1S/C18H18FNO3/c1-4-23-18(22)16-11(2)17(20-12(16)3)15(21)10-9-13-7-5-6-8-14(13)19/h5-10,20H,4H2,1-3H3/b10-9+. The quantitative estimate of drug-likeness (QED) is 0.518. The number of benzene rings is 1. The molecule has 0 saturated carbocycles. The molecule has 0 bridgehead atoms. The first kappa shape index (κ1) is 16.7. The number of rotatable bonds is 5. The molecule has 5 heteroatoms. The molecular formula is C18H18FNO3. The summed E-state index contributed by atoms with van der Waals surface area (Å²) in [6.45, 7) is 5.37. The molecule has 0 radical (unpaired) electrons. The largest absolute Gasteiger partial charge is 0.462 e. The average molecular weight is 315 g/mol. The molecule has 23 heavy (non-hydrogen) atoms. The minimum atomic E-state index is -0.462. The fourth-order valence-corrected chi connectivity index (χ4v) is 2.36. The van der Waals surface area contributed by atoms with Crippen molar-refractivity contribution in [3.63, 3.8) is 0 Å². The van der Waals surface area contributed by atoms with Crippen molar-refractivity contribution < 1.29 is 18.7 Å². The van der Waals surface area contributed by atoms with E-state index in [1.165, 1.54) is 18.2 Å². The summed E-state index contributed by atoms with van der Waals surface area (Å²) >= 11 is 0. The van der Waals surface area contributed by atoms with Crippen LogP contribution in [0.3, 0.4) is 0 Å². The molecule has 0 aliphatic rings. The van der Waals surface area contributed by atoms with Crippen molar-refractivity contribution in [2.75, 3.05) is 6.61 Å². The van der Waals surface area contributed by atoms with Crippen molar-refractivity contribution in [2.45, 2.75) is 20.8 Å². The molecule has 2 aromatic rings. The lowest BCUT2D eigenvalue weighted by molar-refractivity contribution is 0.0525. The van der Waals surface area contributed by atoms with Gasteiger partial charge in [0.05, 0.1) is 17.9 Å². The number of aromatic nitrogens is 1. The molecule has 1 heterocycles. The number of hydrogen-bond donors (Lipinski definition) is 1. The predicted molar refractivity (Wildman–Crippen MR) is 86.0 cm³/mol. The van der Waals surface area contributed by atoms with Gasteiger partial charge in [-0.3, -0.25) is 4.79 Å². The van der Waals surface area contributed by atoms with E-state index in [0.717, 1.165) is 0 Å². The van der Waals surface area contributed by atoms with Crippen LogP contribution in [0.2, 0.25) is 0 Å². The number of carbonyl (C=O) groups excluding carboxylic acids is 2. The lowest BCUT2D eigenvalue weighted by Crippen LogP contribution is -2.07. The third-order valence-corrected chi connectivity index (χ3v) is 3.48. The monoisotopic (exact) mass is 315 g/mol. The lowest BCUT2D eigenvalue weighted by Gasteiger charge is -2.02. The molecule has 0 aliphatic carbocycles. The van der Waals surface area contributed by atoms with Gasteiger partial charge in [0.15, 0.2) is 0 Å². The number of halogens is 1. The molecule has 1 aromatic carbocycles. The summed E-state index contributed by atoms with van der Waals surface area (Å²) in [4.78, 5) is 27.1. The number of aromatic amines is 1. The smallest absolute Gasteiger partial charge is 0.340 e. The number of allylic oxidation sites excluding steroid dienone is 1. The van der Waals surface area contributed by atoms with Crippen molar-refractivity contribution in [1.29, 1.82) is 0 Å². The maximum Gasteiger partial charge on any atom is 0.340 e. The maximum atomic E-state index is 13.5. The molecule has 0 saturated heterocycles. The first-order valence-electron chi connectivity index (χ1n) is 7.29. The number of aryl methyl sites for hydroxylation is 1. The highest BCUT2D eigenvalue weighted by molar-refractivity contribution is 6.08. The van der Waals surface area contributed by atoms with Gasteiger partial charge in [0.1, 0.15) is 5.82 Å². The Balaban J connectivity index is 2.29. The van der Waals surface area contributed by atoms with Crippen LogP contribution >= 0.6 is 0 Å². The Morgan fingerprint density at radius 1 is 1.26 bits per heavy atom. The highest BCUT2D eigenvalue weighted by Crippen LogP contribution is 2.20. The number of hydrogen-bond acceptors (Lipinski definition) is 3. The predicted octanol–water partition coefficient (Wildman–Crippen LogP) is 3.84. The van der Waals surface area contributed by atoms with Crippen LogP contribution in [-0.2, 0) is 4.74 Å². The van der Waals surface area contributed by atoms with Crippen molar-refractivity contribution in [3.8, 4) is 0 Å². The third kappa shape index (κ3) is 3.56. The summed E-state index contributed by atoms with van der Waals surface area (Å²) in [5, 5.41) is 0. The topological polar surface area (TPSA) is 59.2 Å². The van der Waals surface area contributed by atoms with Crippen LogP contribution in [0.15, 0.2) is 30.3 Å². The van der Waals surface area contributed by atoms with E-state index >= 15 is 0 Å². The Labute approximate surface area is 134 Å². The van der Waals surface area contributed by atoms with Gasteiger partial charge in [-0.2, -0.15) is 0 Å². The first-order chi connectivity index (χ1) is 11.0. The molecule has 1 aromatic heterocycles. The van der Waals surface area contributed by atoms with E-state index in [9.17, 15) is 14.0 Å². The molecule has 0 atom stereocenters. The SMILES string of the molecule is CCOC(=O)c1c(C)[nH]c(C(=O)/C=C/c2ccccc2F)c1C. The zero-order valence-electron chi connectivity index (χ0n) is 13.3. The van der Waals surface area contributed by atoms with Crippen LogP contribution in [0, 0.1) is 19.7 Å². The van der Waals surface area contributed by atoms with Crippen molar-refractivity contribution in [2.24, 2.45) is 0 Å². The molecule has 120 valence electrons. The van der Waals surface area contributed by atoms with Crippen molar-refractivity contribution >= 4 is 17.8 Å². The average Bonchev–Trinajstić information content (AvgIpc) is 2.81. The van der Waals surface area contributed by atoms with Crippen LogP contribution in [0.1, 0.15) is 44.6 Å². The summed E-state index contributed by atoms with van der Waals surface area (Å²) in [5.41, 5.74) is 2.10. The molecule has 0 unspecified atom stereocenters. The van der Waals surface area contributed by atoms with Gasteiger partial charge >= 0.3 is 5.97 Å². The van der Waals surface area contributed by atoms with Crippen LogP contribution < -0.4 is 0 Å². The summed E-state index contributed by atoms with van der Waals surface area (Å²) in [7, 11) is 0. The van der Waals surface area contributed by atoms with Crippen LogP contribution in [0.4, 0.5) is 4.39 Å². The Morgan fingerprint density at radius 3 is 2.61 bits per heavy atom. The second-order valence-corrected chi connectivity index (χ2v) is 5.06. The third-order valence-electron chi connectivity index (χ3n) is 3.48. The van der Waals surface area contributed by atoms with E-state index in [4.69, 9.17) is 4.74 Å². The van der Waals surface area contributed by atoms with Gasteiger partial charge in [-0.1, -0.05) is 18.2 Å². The molecule has 2 rings (SSSR count). The lowest BCUT2D eigenvalue weighted by atomic mass is 10.1. The second kappa shape index (κ2) is 7.05. The zero-order chi connectivity index (χ0) is 17.0. The second-order valence-electron chi connectivity index (χ2n) is 5.06. The first-order valence-corrected chi connectivity index (χ1v) is 7.29. The van der Waals surface area contributed by atoms with Gasteiger partial charge in [0.25, 0.3) is 0 Å². The van der Waals surface area contributed by atoms with Crippen LogP contribution in [-0.4, -0.2) is 23.3 Å².